The summed E-state index contributed by atoms with van der Waals surface area (Å²) >= 11 is 0. The van der Waals surface area contributed by atoms with Crippen molar-refractivity contribution in [3.8, 4) is 28.0 Å². The van der Waals surface area contributed by atoms with E-state index < -0.39 is 5.82 Å². The Hall–Kier alpha value is -4.11. The number of rotatable bonds is 10. The van der Waals surface area contributed by atoms with Gasteiger partial charge in [0.15, 0.2) is 0 Å². The van der Waals surface area contributed by atoms with Crippen molar-refractivity contribution in [2.75, 3.05) is 25.6 Å². The van der Waals surface area contributed by atoms with Gasteiger partial charge >= 0.3 is 0 Å². The monoisotopic (exact) mass is 528 g/mol. The molecule has 0 radical (unpaired) electrons. The number of aliphatic hydroxyl groups is 1. The fraction of sp³-hybridized carbons (Fsp3) is 0.226. The van der Waals surface area contributed by atoms with Crippen LogP contribution in [0, 0.1) is 19.7 Å². The number of amides is 1. The number of pyridine rings is 1. The molecular formula is C31H33FN4O3. The summed E-state index contributed by atoms with van der Waals surface area (Å²) < 4.78 is 20.2. The Morgan fingerprint density at radius 1 is 1.03 bits per heavy atom. The van der Waals surface area contributed by atoms with Crippen molar-refractivity contribution in [3.05, 3.63) is 101 Å². The molecule has 0 unspecified atom stereocenters. The third-order valence-electron chi connectivity index (χ3n) is 6.77. The molecule has 5 N–H and O–H groups in total. The highest BCUT2D eigenvalue weighted by Crippen LogP contribution is 2.37. The molecule has 4 aromatic rings. The number of nitrogens with zero attached hydrogens (tertiary/aromatic N) is 1. The zero-order chi connectivity index (χ0) is 27.9. The van der Waals surface area contributed by atoms with Gasteiger partial charge in [-0.15, -0.1) is 0 Å². The Balaban J connectivity index is 1.62. The lowest BCUT2D eigenvalue weighted by atomic mass is 9.90. The number of ether oxygens (including phenoxy) is 1. The number of carbonyl (C=O) groups is 1. The van der Waals surface area contributed by atoms with Gasteiger partial charge in [-0.2, -0.15) is 0 Å². The van der Waals surface area contributed by atoms with Crippen molar-refractivity contribution in [2.45, 2.75) is 26.9 Å². The first-order valence-corrected chi connectivity index (χ1v) is 12.7. The van der Waals surface area contributed by atoms with Crippen LogP contribution in [-0.2, 0) is 13.1 Å². The first-order valence-electron chi connectivity index (χ1n) is 12.7. The second kappa shape index (κ2) is 12.6. The maximum atomic E-state index is 14.8. The van der Waals surface area contributed by atoms with Crippen molar-refractivity contribution < 1.29 is 19.0 Å². The molecule has 0 spiro atoms. The Bertz CT molecular complexity index is 1470. The molecule has 0 bridgehead atoms. The molecular weight excluding hydrogens is 495 g/mol. The number of aromatic nitrogens is 1. The summed E-state index contributed by atoms with van der Waals surface area (Å²) in [5, 5.41) is 15.0. The fourth-order valence-corrected chi connectivity index (χ4v) is 4.61. The molecule has 0 saturated heterocycles. The quantitative estimate of drug-likeness (QED) is 0.216. The number of carbonyl (C=O) groups excluding carboxylic acids is 1. The lowest BCUT2D eigenvalue weighted by Gasteiger charge is -2.17. The van der Waals surface area contributed by atoms with Gasteiger partial charge in [-0.25, -0.2) is 4.39 Å². The molecule has 7 nitrogen and oxygen atoms in total. The third kappa shape index (κ3) is 6.15. The van der Waals surface area contributed by atoms with Gasteiger partial charge in [-0.3, -0.25) is 9.78 Å². The Morgan fingerprint density at radius 2 is 1.74 bits per heavy atom. The summed E-state index contributed by atoms with van der Waals surface area (Å²) in [5.74, 6) is -0.292. The largest absolute Gasteiger partial charge is 0.496 e. The van der Waals surface area contributed by atoms with Gasteiger partial charge in [0.2, 0.25) is 0 Å². The molecule has 39 heavy (non-hydrogen) atoms. The van der Waals surface area contributed by atoms with Gasteiger partial charge in [0.25, 0.3) is 5.91 Å². The van der Waals surface area contributed by atoms with Crippen molar-refractivity contribution >= 4 is 11.6 Å². The maximum Gasteiger partial charge on any atom is 0.274 e. The summed E-state index contributed by atoms with van der Waals surface area (Å²) in [4.78, 5) is 17.3. The lowest BCUT2D eigenvalue weighted by Crippen LogP contribution is -2.18. The molecule has 0 atom stereocenters. The average Bonchev–Trinajstić information content (AvgIpc) is 2.94. The highest BCUT2D eigenvalue weighted by molar-refractivity contribution is 6.03. The molecule has 202 valence electrons. The van der Waals surface area contributed by atoms with Gasteiger partial charge in [-0.1, -0.05) is 36.4 Å². The smallest absolute Gasteiger partial charge is 0.274 e. The maximum absolute atomic E-state index is 14.8. The minimum absolute atomic E-state index is 0.0491. The molecule has 0 fully saturated rings. The van der Waals surface area contributed by atoms with E-state index in [2.05, 4.69) is 15.6 Å². The number of hydrogen-bond donors (Lipinski definition) is 4. The second-order valence-corrected chi connectivity index (χ2v) is 9.21. The molecule has 0 aliphatic rings. The number of methoxy groups -OCH3 is 1. The van der Waals surface area contributed by atoms with Crippen molar-refractivity contribution in [1.82, 2.24) is 10.3 Å². The molecule has 1 heterocycles. The van der Waals surface area contributed by atoms with Crippen LogP contribution in [0.15, 0.2) is 66.9 Å². The number of aliphatic hydroxyl groups excluding tert-OH is 1. The third-order valence-corrected chi connectivity index (χ3v) is 6.77. The molecule has 0 aliphatic heterocycles. The van der Waals surface area contributed by atoms with Crippen LogP contribution in [0.1, 0.15) is 32.7 Å². The lowest BCUT2D eigenvalue weighted by molar-refractivity contribution is 0.102. The van der Waals surface area contributed by atoms with Crippen LogP contribution in [-0.4, -0.2) is 36.3 Å². The van der Waals surface area contributed by atoms with Gasteiger partial charge in [0, 0.05) is 37.1 Å². The van der Waals surface area contributed by atoms with Gasteiger partial charge in [-0.05, 0) is 77.1 Å². The van der Waals surface area contributed by atoms with E-state index in [0.29, 0.717) is 41.3 Å². The number of hydrogen-bond acceptors (Lipinski definition) is 6. The number of halogens is 1. The van der Waals surface area contributed by atoms with E-state index in [-0.39, 0.29) is 19.1 Å². The highest BCUT2D eigenvalue weighted by Gasteiger charge is 2.17. The minimum Gasteiger partial charge on any atom is -0.496 e. The number of nitrogens with two attached hydrogens (primary N) is 1. The Kier molecular flexibility index (Phi) is 9.03. The van der Waals surface area contributed by atoms with E-state index in [4.69, 9.17) is 15.6 Å². The molecule has 4 rings (SSSR count). The van der Waals surface area contributed by atoms with Crippen molar-refractivity contribution in [2.24, 2.45) is 5.73 Å². The number of benzene rings is 3. The standard InChI is InChI=1S/C31H33FN4O3/c1-19-23(22-14-27(32)26(16-33)30(15-22)39-3)6-4-7-24(19)25-8-5-9-28(20(25)2)36-31(38)29-11-10-21(18-35-29)17-34-12-13-37/h4-11,14-15,18,34,37H,12-13,16-17,33H2,1-3H3,(H,36,38). The molecule has 1 amide bonds. The zero-order valence-corrected chi connectivity index (χ0v) is 22.3. The van der Waals surface area contributed by atoms with Crippen LogP contribution in [0.3, 0.4) is 0 Å². The minimum atomic E-state index is -0.402. The van der Waals surface area contributed by atoms with E-state index >= 15 is 0 Å². The molecule has 1 aromatic heterocycles. The summed E-state index contributed by atoms with van der Waals surface area (Å²) in [6.45, 7) is 5.12. The van der Waals surface area contributed by atoms with Gasteiger partial charge in [0.05, 0.1) is 13.7 Å². The fourth-order valence-electron chi connectivity index (χ4n) is 4.61. The SMILES string of the molecule is COc1cc(-c2cccc(-c3cccc(NC(=O)c4ccc(CNCCO)cn4)c3C)c2C)cc(F)c1CN. The first-order chi connectivity index (χ1) is 18.9. The number of anilines is 1. The van der Waals surface area contributed by atoms with Gasteiger partial charge < -0.3 is 26.2 Å². The molecule has 0 saturated carbocycles. The van der Waals surface area contributed by atoms with E-state index in [1.807, 2.05) is 62.4 Å². The van der Waals surface area contributed by atoms with Crippen LogP contribution >= 0.6 is 0 Å². The molecule has 0 aliphatic carbocycles. The molecule has 8 heteroatoms. The van der Waals surface area contributed by atoms with E-state index in [0.717, 1.165) is 33.4 Å². The van der Waals surface area contributed by atoms with Crippen LogP contribution in [0.4, 0.5) is 10.1 Å². The average molecular weight is 529 g/mol. The number of nitrogens with one attached hydrogen (secondary N) is 2. The van der Waals surface area contributed by atoms with Gasteiger partial charge in [0.1, 0.15) is 17.3 Å². The van der Waals surface area contributed by atoms with Crippen LogP contribution in [0.5, 0.6) is 5.75 Å². The van der Waals surface area contributed by atoms with Crippen LogP contribution in [0.25, 0.3) is 22.3 Å². The summed E-state index contributed by atoms with van der Waals surface area (Å²) in [6.07, 6.45) is 1.65. The first kappa shape index (κ1) is 27.9. The normalized spacial score (nSPS) is 10.9. The Morgan fingerprint density at radius 3 is 2.41 bits per heavy atom. The predicted octanol–water partition coefficient (Wildman–Crippen LogP) is 4.97. The molecule has 3 aromatic carbocycles. The summed E-state index contributed by atoms with van der Waals surface area (Å²) in [7, 11) is 1.50. The van der Waals surface area contributed by atoms with E-state index in [9.17, 15) is 9.18 Å². The van der Waals surface area contributed by atoms with Crippen LogP contribution < -0.4 is 21.1 Å². The topological polar surface area (TPSA) is 110 Å². The predicted molar refractivity (Wildman–Crippen MR) is 152 cm³/mol. The highest BCUT2D eigenvalue weighted by atomic mass is 19.1. The summed E-state index contributed by atoms with van der Waals surface area (Å²) in [6, 6.07) is 18.5. The Labute approximate surface area is 227 Å². The summed E-state index contributed by atoms with van der Waals surface area (Å²) in [5.41, 5.74) is 13.3. The van der Waals surface area contributed by atoms with Crippen molar-refractivity contribution in [3.63, 3.8) is 0 Å². The zero-order valence-electron chi connectivity index (χ0n) is 22.3. The van der Waals surface area contributed by atoms with E-state index in [1.54, 1.807) is 12.3 Å². The van der Waals surface area contributed by atoms with Crippen molar-refractivity contribution in [1.29, 1.82) is 0 Å². The van der Waals surface area contributed by atoms with E-state index in [1.165, 1.54) is 13.2 Å². The van der Waals surface area contributed by atoms with Crippen LogP contribution in [0.2, 0.25) is 0 Å². The second-order valence-electron chi connectivity index (χ2n) is 9.21.